The minimum absolute atomic E-state index is 0.0214. The Morgan fingerprint density at radius 1 is 0.441 bits per heavy atom. The van der Waals surface area contributed by atoms with Gasteiger partial charge in [0.25, 0.3) is 0 Å². The first-order valence-electron chi connectivity index (χ1n) is 21.0. The summed E-state index contributed by atoms with van der Waals surface area (Å²) in [4.78, 5) is 5.10. The highest BCUT2D eigenvalue weighted by Crippen LogP contribution is 2.52. The minimum Gasteiger partial charge on any atom is -0.456 e. The molecule has 0 unspecified atom stereocenters. The van der Waals surface area contributed by atoms with E-state index < -0.39 is 0 Å². The molecule has 7 aromatic carbocycles. The van der Waals surface area contributed by atoms with E-state index >= 15 is 0 Å². The smallest absolute Gasteiger partial charge is 0.333 e. The van der Waals surface area contributed by atoms with Crippen molar-refractivity contribution >= 4 is 90.1 Å². The van der Waals surface area contributed by atoms with E-state index in [1.54, 1.807) is 0 Å². The largest absolute Gasteiger partial charge is 0.456 e. The highest BCUT2D eigenvalue weighted by Gasteiger charge is 2.47. The van der Waals surface area contributed by atoms with Crippen molar-refractivity contribution in [3.63, 3.8) is 0 Å². The van der Waals surface area contributed by atoms with Crippen LogP contribution in [0.15, 0.2) is 142 Å². The zero-order valence-electron chi connectivity index (χ0n) is 35.5. The van der Waals surface area contributed by atoms with Gasteiger partial charge in [-0.3, -0.25) is 0 Å². The maximum absolute atomic E-state index is 7.05. The lowest BCUT2D eigenvalue weighted by Crippen LogP contribution is -2.61. The topological polar surface area (TPSA) is 32.8 Å². The third-order valence-electron chi connectivity index (χ3n) is 12.9. The number of hydrogen-bond acceptors (Lipinski definition) is 4. The molecule has 0 saturated heterocycles. The first kappa shape index (κ1) is 35.9. The molecule has 0 fully saturated rings. The number of nitrogens with zero attached hydrogens (tertiary/aromatic N) is 2. The van der Waals surface area contributed by atoms with E-state index in [0.717, 1.165) is 72.1 Å². The van der Waals surface area contributed by atoms with Gasteiger partial charge in [0.05, 0.1) is 0 Å². The summed E-state index contributed by atoms with van der Waals surface area (Å²) < 4.78 is 13.7. The molecule has 2 aliphatic heterocycles. The van der Waals surface area contributed by atoms with Crippen LogP contribution in [-0.2, 0) is 16.2 Å². The van der Waals surface area contributed by atoms with Gasteiger partial charge in [0.15, 0.2) is 0 Å². The Balaban J connectivity index is 1.31. The predicted molar refractivity (Wildman–Crippen MR) is 251 cm³/mol. The average molecular weight is 769 g/mol. The monoisotopic (exact) mass is 768 g/mol. The van der Waals surface area contributed by atoms with Gasteiger partial charge in [0.1, 0.15) is 22.3 Å². The molecule has 0 amide bonds. The van der Waals surface area contributed by atoms with Crippen LogP contribution < -0.4 is 20.6 Å². The first-order valence-corrected chi connectivity index (χ1v) is 21.0. The Morgan fingerprint density at radius 3 is 1.63 bits per heavy atom. The van der Waals surface area contributed by atoms with Crippen molar-refractivity contribution in [2.75, 3.05) is 9.71 Å². The molecule has 4 heterocycles. The van der Waals surface area contributed by atoms with Gasteiger partial charge < -0.3 is 18.5 Å². The van der Waals surface area contributed by atoms with Gasteiger partial charge >= 0.3 is 6.85 Å². The Morgan fingerprint density at radius 2 is 1.00 bits per heavy atom. The third kappa shape index (κ3) is 5.36. The zero-order chi connectivity index (χ0) is 40.7. The predicted octanol–water partition coefficient (Wildman–Crippen LogP) is 14.1. The fourth-order valence-corrected chi connectivity index (χ4v) is 9.68. The molecular formula is C54H49BN2O2. The van der Waals surface area contributed by atoms with Crippen molar-refractivity contribution in [1.82, 2.24) is 0 Å². The van der Waals surface area contributed by atoms with Crippen LogP contribution in [0.4, 0.5) is 28.4 Å². The summed E-state index contributed by atoms with van der Waals surface area (Å²) in [7, 11) is 0. The van der Waals surface area contributed by atoms with Crippen molar-refractivity contribution in [2.45, 2.75) is 78.6 Å². The molecule has 2 aromatic heterocycles. The molecule has 5 heteroatoms. The number of anilines is 5. The van der Waals surface area contributed by atoms with Gasteiger partial charge in [-0.05, 0) is 98.5 Å². The Bertz CT molecular complexity index is 3170. The SMILES string of the molecule is CC(C)(C)c1ccc(N2B3c4cc(C(C)(C)C)ccc4N(c4ccc(C(C)(C)C)cc4)c4cc5c(oc6ccccc65)c(c43)-c3cc4c(cc32)oc2ccccc24)cc1. The van der Waals surface area contributed by atoms with Gasteiger partial charge in [-0.1, -0.05) is 135 Å². The lowest BCUT2D eigenvalue weighted by molar-refractivity contribution is 0.590. The molecule has 0 saturated carbocycles. The average Bonchev–Trinajstić information content (AvgIpc) is 3.76. The second kappa shape index (κ2) is 12.2. The summed E-state index contributed by atoms with van der Waals surface area (Å²) in [6.07, 6.45) is 0. The summed E-state index contributed by atoms with van der Waals surface area (Å²) >= 11 is 0. The lowest BCUT2D eigenvalue weighted by Gasteiger charge is -2.46. The second-order valence-electron chi connectivity index (χ2n) is 19.8. The molecule has 2 aliphatic rings. The summed E-state index contributed by atoms with van der Waals surface area (Å²) in [6.45, 7) is 20.5. The highest BCUT2D eigenvalue weighted by molar-refractivity contribution is 6.94. The van der Waals surface area contributed by atoms with Crippen LogP contribution in [0.2, 0.25) is 0 Å². The van der Waals surface area contributed by atoms with E-state index in [1.165, 1.54) is 39.0 Å². The van der Waals surface area contributed by atoms with Crippen molar-refractivity contribution in [1.29, 1.82) is 0 Å². The zero-order valence-corrected chi connectivity index (χ0v) is 35.5. The standard InChI is InChI=1S/C54H49BN2O2/c1-52(2,3)32-18-23-35(24-19-32)56-43-27-22-34(54(7,8)9)28-42(43)55-50-45(56)30-40-38-15-11-13-17-47(38)59-51(40)49(50)41-29-39-37-14-10-12-16-46(37)58-48(39)31-44(41)57(55)36-25-20-33(21-26-36)53(4,5)6/h10-31H,1-9H3. The molecule has 11 rings (SSSR count). The number of furan rings is 2. The molecule has 59 heavy (non-hydrogen) atoms. The van der Waals surface area contributed by atoms with Crippen LogP contribution in [0.1, 0.15) is 79.0 Å². The minimum atomic E-state index is -0.171. The van der Waals surface area contributed by atoms with Crippen LogP contribution in [0.3, 0.4) is 0 Å². The third-order valence-corrected chi connectivity index (χ3v) is 12.9. The Hall–Kier alpha value is -6.20. The molecule has 0 radical (unpaired) electrons. The first-order chi connectivity index (χ1) is 28.1. The van der Waals surface area contributed by atoms with E-state index in [0.29, 0.717) is 0 Å². The molecule has 0 aliphatic carbocycles. The Labute approximate surface area is 347 Å². The quantitative estimate of drug-likeness (QED) is 0.164. The van der Waals surface area contributed by atoms with Gasteiger partial charge in [-0.25, -0.2) is 0 Å². The fourth-order valence-electron chi connectivity index (χ4n) is 9.68. The lowest BCUT2D eigenvalue weighted by atomic mass is 9.43. The van der Waals surface area contributed by atoms with Crippen molar-refractivity contribution in [3.05, 3.63) is 150 Å². The maximum atomic E-state index is 7.05. The summed E-state index contributed by atoms with van der Waals surface area (Å²) in [5, 5.41) is 4.44. The molecular weight excluding hydrogens is 719 g/mol. The molecule has 0 N–H and O–H groups in total. The summed E-state index contributed by atoms with van der Waals surface area (Å²) in [5.74, 6) is 0. The van der Waals surface area contributed by atoms with Crippen LogP contribution in [0, 0.1) is 0 Å². The van der Waals surface area contributed by atoms with E-state index in [1.807, 2.05) is 0 Å². The van der Waals surface area contributed by atoms with E-state index in [4.69, 9.17) is 8.83 Å². The van der Waals surface area contributed by atoms with E-state index in [9.17, 15) is 0 Å². The van der Waals surface area contributed by atoms with E-state index in [-0.39, 0.29) is 23.1 Å². The molecule has 9 aromatic rings. The van der Waals surface area contributed by atoms with E-state index in [2.05, 4.69) is 205 Å². The number of rotatable bonds is 2. The number of fused-ring (bicyclic) bond motifs is 11. The fraction of sp³-hybridized carbons (Fsp3) is 0.222. The van der Waals surface area contributed by atoms with Gasteiger partial charge in [-0.15, -0.1) is 0 Å². The molecule has 290 valence electrons. The molecule has 0 atom stereocenters. The van der Waals surface area contributed by atoms with Gasteiger partial charge in [0.2, 0.25) is 0 Å². The normalized spacial score (nSPS) is 14.1. The molecule has 4 nitrogen and oxygen atoms in total. The Kier molecular flexibility index (Phi) is 7.41. The van der Waals surface area contributed by atoms with Crippen molar-refractivity contribution in [2.24, 2.45) is 0 Å². The molecule has 0 bridgehead atoms. The van der Waals surface area contributed by atoms with Crippen molar-refractivity contribution in [3.8, 4) is 11.1 Å². The van der Waals surface area contributed by atoms with Gasteiger partial charge in [-0.2, -0.15) is 0 Å². The summed E-state index contributed by atoms with van der Waals surface area (Å²) in [5.41, 5.74) is 18.0. The number of benzene rings is 7. The van der Waals surface area contributed by atoms with Crippen LogP contribution >= 0.6 is 0 Å². The van der Waals surface area contributed by atoms with Crippen LogP contribution in [0.5, 0.6) is 0 Å². The summed E-state index contributed by atoms with van der Waals surface area (Å²) in [6, 6.07) is 49.7. The van der Waals surface area contributed by atoms with Gasteiger partial charge in [0, 0.05) is 67.2 Å². The maximum Gasteiger partial charge on any atom is 0.333 e. The number of para-hydroxylation sites is 2. The van der Waals surface area contributed by atoms with Crippen LogP contribution in [0.25, 0.3) is 55.0 Å². The highest BCUT2D eigenvalue weighted by atomic mass is 16.3. The van der Waals surface area contributed by atoms with Crippen LogP contribution in [-0.4, -0.2) is 6.85 Å². The van der Waals surface area contributed by atoms with Crippen molar-refractivity contribution < 1.29 is 8.83 Å². The molecule has 0 spiro atoms. The second-order valence-corrected chi connectivity index (χ2v) is 19.8. The number of hydrogen-bond donors (Lipinski definition) is 0.